The summed E-state index contributed by atoms with van der Waals surface area (Å²) in [7, 11) is 0. The number of nitrogens with zero attached hydrogens (tertiary/aromatic N) is 1. The predicted octanol–water partition coefficient (Wildman–Crippen LogP) is 2.46. The van der Waals surface area contributed by atoms with Crippen molar-refractivity contribution in [2.45, 2.75) is 76.2 Å². The van der Waals surface area contributed by atoms with Gasteiger partial charge in [-0.15, -0.1) is 0 Å². The molecule has 0 spiro atoms. The van der Waals surface area contributed by atoms with Gasteiger partial charge in [0.1, 0.15) is 30.8 Å². The molecular weight excluding hydrogens is 743 g/mol. The summed E-state index contributed by atoms with van der Waals surface area (Å²) >= 11 is 0. The Morgan fingerprint density at radius 1 is 0.690 bits per heavy atom. The number of ether oxygens (including phenoxy) is 1. The van der Waals surface area contributed by atoms with Crippen LogP contribution in [0.15, 0.2) is 104 Å². The van der Waals surface area contributed by atoms with E-state index < -0.39 is 59.8 Å². The van der Waals surface area contributed by atoms with Gasteiger partial charge in [-0.2, -0.15) is 0 Å². The number of nitrogens with one attached hydrogen (secondary N) is 7. The lowest BCUT2D eigenvalue weighted by molar-refractivity contribution is -0.134. The van der Waals surface area contributed by atoms with Crippen LogP contribution in [0.2, 0.25) is 0 Å². The summed E-state index contributed by atoms with van der Waals surface area (Å²) in [6, 6.07) is 21.2. The summed E-state index contributed by atoms with van der Waals surface area (Å²) in [6.07, 6.45) is 5.26. The second kappa shape index (κ2) is 21.4. The number of imidazole rings is 1. The number of fused-ring (bicyclic) bond motifs is 1. The molecule has 0 saturated carbocycles. The van der Waals surface area contributed by atoms with Gasteiger partial charge >= 0.3 is 6.09 Å². The minimum Gasteiger partial charge on any atom is -0.445 e. The Labute approximate surface area is 335 Å². The molecule has 2 heterocycles. The van der Waals surface area contributed by atoms with Crippen molar-refractivity contribution in [1.29, 1.82) is 0 Å². The van der Waals surface area contributed by atoms with Crippen LogP contribution in [0.25, 0.3) is 10.9 Å². The maximum atomic E-state index is 14.2. The zero-order valence-corrected chi connectivity index (χ0v) is 32.2. The van der Waals surface area contributed by atoms with E-state index in [4.69, 9.17) is 10.5 Å². The number of para-hydroxylation sites is 1. The van der Waals surface area contributed by atoms with E-state index in [2.05, 4.69) is 41.5 Å². The second-order valence-corrected chi connectivity index (χ2v) is 13.9. The molecule has 58 heavy (non-hydrogen) atoms. The average Bonchev–Trinajstić information content (AvgIpc) is 3.89. The van der Waals surface area contributed by atoms with E-state index in [-0.39, 0.29) is 38.8 Å². The van der Waals surface area contributed by atoms with Gasteiger partial charge in [-0.05, 0) is 42.0 Å². The Morgan fingerprint density at radius 3 is 1.98 bits per heavy atom. The first kappa shape index (κ1) is 42.2. The molecule has 3 aromatic carbocycles. The SMILES string of the molecule is CC(=O)N[C@@H](Cc1cnc[nH]1)C(=O)N[C@H](Cc1ccccc1)C(=O)N[C@@H](CCCCNC(=O)OCc1ccccc1)C(=O)N[C@@H](Cc1c[nH]c2ccccc12)C(N)=O. The van der Waals surface area contributed by atoms with Crippen LogP contribution >= 0.6 is 0 Å². The first-order valence-electron chi connectivity index (χ1n) is 19.0. The maximum Gasteiger partial charge on any atom is 0.407 e. The van der Waals surface area contributed by atoms with Gasteiger partial charge in [0.15, 0.2) is 0 Å². The van der Waals surface area contributed by atoms with E-state index in [1.165, 1.54) is 19.4 Å². The van der Waals surface area contributed by atoms with E-state index in [0.717, 1.165) is 27.6 Å². The van der Waals surface area contributed by atoms with Crippen molar-refractivity contribution < 1.29 is 33.5 Å². The molecule has 16 heteroatoms. The lowest BCUT2D eigenvalue weighted by Crippen LogP contribution is -2.59. The van der Waals surface area contributed by atoms with Crippen LogP contribution in [0, 0.1) is 0 Å². The van der Waals surface area contributed by atoms with E-state index in [0.29, 0.717) is 18.5 Å². The van der Waals surface area contributed by atoms with Crippen molar-refractivity contribution in [1.82, 2.24) is 41.5 Å². The van der Waals surface area contributed by atoms with E-state index in [1.807, 2.05) is 60.7 Å². The third kappa shape index (κ3) is 13.1. The van der Waals surface area contributed by atoms with Crippen molar-refractivity contribution in [3.63, 3.8) is 0 Å². The van der Waals surface area contributed by atoms with Gasteiger partial charge in [-0.25, -0.2) is 9.78 Å². The van der Waals surface area contributed by atoms with Gasteiger partial charge in [-0.3, -0.25) is 24.0 Å². The Morgan fingerprint density at radius 2 is 1.31 bits per heavy atom. The normalized spacial score (nSPS) is 13.0. The summed E-state index contributed by atoms with van der Waals surface area (Å²) in [5.74, 6) is -3.17. The quantitative estimate of drug-likeness (QED) is 0.0512. The molecule has 5 rings (SSSR count). The average molecular weight is 792 g/mol. The van der Waals surface area contributed by atoms with Crippen molar-refractivity contribution in [2.75, 3.05) is 6.54 Å². The van der Waals surface area contributed by atoms with Gasteiger partial charge in [0.2, 0.25) is 29.5 Å². The highest BCUT2D eigenvalue weighted by atomic mass is 16.5. The third-order valence-electron chi connectivity index (χ3n) is 9.38. The highest BCUT2D eigenvalue weighted by Crippen LogP contribution is 2.19. The second-order valence-electron chi connectivity index (χ2n) is 13.9. The summed E-state index contributed by atoms with van der Waals surface area (Å²) in [6.45, 7) is 1.62. The van der Waals surface area contributed by atoms with E-state index >= 15 is 0 Å². The number of H-pyrrole nitrogens is 2. The fourth-order valence-electron chi connectivity index (χ4n) is 6.40. The number of nitrogens with two attached hydrogens (primary N) is 1. The molecule has 16 nitrogen and oxygen atoms in total. The van der Waals surface area contributed by atoms with Gasteiger partial charge in [-0.1, -0.05) is 78.9 Å². The van der Waals surface area contributed by atoms with Crippen LogP contribution < -0.4 is 32.3 Å². The predicted molar refractivity (Wildman–Crippen MR) is 216 cm³/mol. The van der Waals surface area contributed by atoms with Gasteiger partial charge < -0.3 is 47.0 Å². The van der Waals surface area contributed by atoms with Crippen LogP contribution in [0.4, 0.5) is 4.79 Å². The molecule has 0 aliphatic carbocycles. The Kier molecular flexibility index (Phi) is 15.5. The third-order valence-corrected chi connectivity index (χ3v) is 9.38. The number of hydrogen-bond acceptors (Lipinski definition) is 8. The molecule has 0 radical (unpaired) electrons. The molecule has 0 unspecified atom stereocenters. The number of hydrogen-bond donors (Lipinski definition) is 8. The Balaban J connectivity index is 1.30. The van der Waals surface area contributed by atoms with Crippen molar-refractivity contribution in [2.24, 2.45) is 5.73 Å². The number of carbonyl (C=O) groups is 6. The summed E-state index contributed by atoms with van der Waals surface area (Å²) in [5, 5.41) is 14.5. The smallest absolute Gasteiger partial charge is 0.407 e. The highest BCUT2D eigenvalue weighted by Gasteiger charge is 2.31. The van der Waals surface area contributed by atoms with Crippen molar-refractivity contribution in [3.8, 4) is 0 Å². The number of carbonyl (C=O) groups excluding carboxylic acids is 6. The molecule has 0 saturated heterocycles. The van der Waals surface area contributed by atoms with Gasteiger partial charge in [0, 0.05) is 61.7 Å². The van der Waals surface area contributed by atoms with Crippen LogP contribution in [-0.4, -0.2) is 81.3 Å². The van der Waals surface area contributed by atoms with Gasteiger partial charge in [0.25, 0.3) is 0 Å². The molecule has 6 amide bonds. The fraction of sp³-hybridized carbons (Fsp3) is 0.310. The molecule has 304 valence electrons. The summed E-state index contributed by atoms with van der Waals surface area (Å²) < 4.78 is 5.28. The molecule has 2 aromatic heterocycles. The number of alkyl carbamates (subject to hydrolysis) is 1. The maximum absolute atomic E-state index is 14.2. The molecule has 9 N–H and O–H groups in total. The van der Waals surface area contributed by atoms with Crippen LogP contribution in [-0.2, 0) is 54.6 Å². The number of primary amides is 1. The number of amides is 6. The topological polar surface area (TPSA) is 242 Å². The first-order valence-corrected chi connectivity index (χ1v) is 19.0. The first-order chi connectivity index (χ1) is 28.0. The number of aromatic amines is 2. The minimum atomic E-state index is -1.18. The number of aromatic nitrogens is 3. The summed E-state index contributed by atoms with van der Waals surface area (Å²) in [5.41, 5.74) is 9.56. The van der Waals surface area contributed by atoms with Crippen LogP contribution in [0.3, 0.4) is 0 Å². The molecular formula is C42H49N9O7. The zero-order valence-electron chi connectivity index (χ0n) is 32.2. The Bertz CT molecular complexity index is 2120. The molecule has 0 fully saturated rings. The minimum absolute atomic E-state index is 0.0586. The standard InChI is InChI=1S/C42H49N9O7/c1-27(52)48-37(22-31-24-44-26-47-31)41(56)51-36(20-28-12-4-2-5-13-28)40(55)49-34(18-10-11-19-45-42(57)58-25-29-14-6-3-7-15-29)39(54)50-35(38(43)53)21-30-23-46-33-17-9-8-16-32(30)33/h2-9,12-17,23-24,26,34-37,46H,10-11,18-22,25H2,1H3,(H2,43,53)(H,44,47)(H,45,57)(H,48,52)(H,49,55)(H,50,54)(H,51,56)/t34-,35-,36+,37-/m0/s1. The fourth-order valence-corrected chi connectivity index (χ4v) is 6.40. The number of unbranched alkanes of at least 4 members (excludes halogenated alkanes) is 1. The van der Waals surface area contributed by atoms with E-state index in [9.17, 15) is 28.8 Å². The molecule has 4 atom stereocenters. The molecule has 5 aromatic rings. The zero-order chi connectivity index (χ0) is 41.3. The van der Waals surface area contributed by atoms with E-state index in [1.54, 1.807) is 30.5 Å². The van der Waals surface area contributed by atoms with Gasteiger partial charge in [0.05, 0.1) is 6.33 Å². The number of benzene rings is 3. The summed E-state index contributed by atoms with van der Waals surface area (Å²) in [4.78, 5) is 89.0. The lowest BCUT2D eigenvalue weighted by atomic mass is 10.0. The van der Waals surface area contributed by atoms with Crippen molar-refractivity contribution >= 4 is 46.5 Å². The van der Waals surface area contributed by atoms with Crippen LogP contribution in [0.1, 0.15) is 48.6 Å². The van der Waals surface area contributed by atoms with Crippen molar-refractivity contribution in [3.05, 3.63) is 126 Å². The molecule has 0 bridgehead atoms. The lowest BCUT2D eigenvalue weighted by Gasteiger charge is -2.26. The molecule has 0 aliphatic heterocycles. The number of rotatable bonds is 21. The Hall–Kier alpha value is -6.97. The van der Waals surface area contributed by atoms with Crippen LogP contribution in [0.5, 0.6) is 0 Å². The highest BCUT2D eigenvalue weighted by molar-refractivity contribution is 5.96. The molecule has 0 aliphatic rings. The monoisotopic (exact) mass is 791 g/mol. The largest absolute Gasteiger partial charge is 0.445 e.